The van der Waals surface area contributed by atoms with Crippen molar-refractivity contribution in [3.8, 4) is 6.07 Å². The molecule has 0 aliphatic carbocycles. The summed E-state index contributed by atoms with van der Waals surface area (Å²) in [5.74, 6) is 0. The van der Waals surface area contributed by atoms with Gasteiger partial charge in [-0.15, -0.1) is 11.6 Å². The van der Waals surface area contributed by atoms with E-state index in [2.05, 4.69) is 0 Å². The summed E-state index contributed by atoms with van der Waals surface area (Å²) >= 11 is 5.31. The molecule has 2 N–H and O–H groups in total. The van der Waals surface area contributed by atoms with Gasteiger partial charge in [0.1, 0.15) is 5.38 Å². The van der Waals surface area contributed by atoms with Crippen LogP contribution in [-0.2, 0) is 0 Å². The largest absolute Gasteiger partial charge is 0.326 e. The van der Waals surface area contributed by atoms with Gasteiger partial charge in [0.25, 0.3) is 0 Å². The third-order valence-electron chi connectivity index (χ3n) is 0.585. The number of nitrogens with two attached hydrogens (primary N) is 1. The lowest BCUT2D eigenvalue weighted by Gasteiger charge is -2.00. The van der Waals surface area contributed by atoms with Gasteiger partial charge in [-0.3, -0.25) is 0 Å². The van der Waals surface area contributed by atoms with Crippen molar-refractivity contribution in [3.05, 3.63) is 0 Å². The summed E-state index contributed by atoms with van der Waals surface area (Å²) in [6, 6.07) is 1.57. The molecule has 0 radical (unpaired) electrons. The molecular weight excluding hydrogens is 112 g/mol. The Bertz CT molecular complexity index is 84.2. The summed E-state index contributed by atoms with van der Waals surface area (Å²) in [4.78, 5) is 0. The summed E-state index contributed by atoms with van der Waals surface area (Å²) in [6.45, 7) is 1.70. The lowest BCUT2D eigenvalue weighted by molar-refractivity contribution is 0.772. The molecule has 2 atom stereocenters. The second-order valence-electron chi connectivity index (χ2n) is 1.39. The van der Waals surface area contributed by atoms with Crippen LogP contribution >= 0.6 is 11.6 Å². The average Bonchev–Trinajstić information content (AvgIpc) is 1.65. The Kier molecular flexibility index (Phi) is 2.73. The number of alkyl halides is 1. The van der Waals surface area contributed by atoms with E-state index in [1.165, 1.54) is 0 Å². The zero-order valence-corrected chi connectivity index (χ0v) is 4.81. The fourth-order valence-electron chi connectivity index (χ4n) is 0.118. The van der Waals surface area contributed by atoms with Gasteiger partial charge in [0.05, 0.1) is 6.07 Å². The van der Waals surface area contributed by atoms with Crippen LogP contribution in [0.3, 0.4) is 0 Å². The van der Waals surface area contributed by atoms with E-state index in [4.69, 9.17) is 22.6 Å². The fraction of sp³-hybridized carbons (Fsp3) is 0.750. The Balaban J connectivity index is 3.40. The molecule has 0 amide bonds. The topological polar surface area (TPSA) is 49.8 Å². The predicted octanol–water partition coefficient (Wildman–Crippen LogP) is 0.465. The molecule has 0 aromatic heterocycles. The van der Waals surface area contributed by atoms with Gasteiger partial charge in [0.2, 0.25) is 0 Å². The normalized spacial score (nSPS) is 17.4. The molecule has 0 fully saturated rings. The number of rotatable bonds is 1. The second-order valence-corrected chi connectivity index (χ2v) is 1.86. The lowest BCUT2D eigenvalue weighted by atomic mass is 10.3. The van der Waals surface area contributed by atoms with E-state index in [1.807, 2.05) is 0 Å². The van der Waals surface area contributed by atoms with Crippen LogP contribution in [0.5, 0.6) is 0 Å². The molecule has 2 unspecified atom stereocenters. The van der Waals surface area contributed by atoms with Gasteiger partial charge in [-0.05, 0) is 6.92 Å². The van der Waals surface area contributed by atoms with E-state index in [-0.39, 0.29) is 6.04 Å². The highest BCUT2D eigenvalue weighted by Gasteiger charge is 2.05. The first-order valence-electron chi connectivity index (χ1n) is 1.97. The number of halogens is 1. The van der Waals surface area contributed by atoms with Gasteiger partial charge in [-0.1, -0.05) is 0 Å². The minimum Gasteiger partial charge on any atom is -0.326 e. The Morgan fingerprint density at radius 2 is 2.29 bits per heavy atom. The maximum atomic E-state index is 8.04. The summed E-state index contributed by atoms with van der Waals surface area (Å²) in [5, 5.41) is 7.50. The van der Waals surface area contributed by atoms with Crippen LogP contribution in [0.4, 0.5) is 0 Å². The van der Waals surface area contributed by atoms with Crippen molar-refractivity contribution >= 4 is 11.6 Å². The Morgan fingerprint density at radius 1 is 1.86 bits per heavy atom. The van der Waals surface area contributed by atoms with Crippen LogP contribution in [0.2, 0.25) is 0 Å². The zero-order valence-electron chi connectivity index (χ0n) is 4.06. The van der Waals surface area contributed by atoms with Gasteiger partial charge >= 0.3 is 0 Å². The monoisotopic (exact) mass is 118 g/mol. The number of hydrogen-bond acceptors (Lipinski definition) is 2. The third kappa shape index (κ3) is 2.44. The van der Waals surface area contributed by atoms with Crippen LogP contribution in [0.25, 0.3) is 0 Å². The van der Waals surface area contributed by atoms with E-state index < -0.39 is 5.38 Å². The number of nitriles is 1. The van der Waals surface area contributed by atoms with E-state index >= 15 is 0 Å². The molecule has 0 aliphatic rings. The molecule has 7 heavy (non-hydrogen) atoms. The van der Waals surface area contributed by atoms with E-state index in [9.17, 15) is 0 Å². The summed E-state index contributed by atoms with van der Waals surface area (Å²) in [7, 11) is 0. The molecule has 2 nitrogen and oxygen atoms in total. The molecule has 0 aliphatic heterocycles. The standard InChI is InChI=1S/C4H7ClN2/c1-3(7)4(5)2-6/h3-4H,7H2,1H3. The van der Waals surface area contributed by atoms with Crippen molar-refractivity contribution in [2.75, 3.05) is 0 Å². The lowest BCUT2D eigenvalue weighted by Crippen LogP contribution is -2.25. The van der Waals surface area contributed by atoms with Crippen LogP contribution < -0.4 is 5.73 Å². The highest BCUT2D eigenvalue weighted by Crippen LogP contribution is 1.95. The summed E-state index contributed by atoms with van der Waals surface area (Å²) < 4.78 is 0. The first kappa shape index (κ1) is 6.74. The molecule has 0 heterocycles. The maximum Gasteiger partial charge on any atom is 0.135 e. The van der Waals surface area contributed by atoms with Crippen molar-refractivity contribution in [1.29, 1.82) is 5.26 Å². The third-order valence-corrected chi connectivity index (χ3v) is 1.08. The molecule has 0 bridgehead atoms. The van der Waals surface area contributed by atoms with Crippen molar-refractivity contribution in [1.82, 2.24) is 0 Å². The maximum absolute atomic E-state index is 8.04. The van der Waals surface area contributed by atoms with Crippen molar-refractivity contribution in [3.63, 3.8) is 0 Å². The first-order chi connectivity index (χ1) is 3.18. The molecule has 0 spiro atoms. The van der Waals surface area contributed by atoms with Crippen molar-refractivity contribution in [2.45, 2.75) is 18.3 Å². The second kappa shape index (κ2) is 2.84. The van der Waals surface area contributed by atoms with Gasteiger partial charge in [-0.25, -0.2) is 0 Å². The average molecular weight is 119 g/mol. The van der Waals surface area contributed by atoms with Gasteiger partial charge in [-0.2, -0.15) is 5.26 Å². The van der Waals surface area contributed by atoms with E-state index in [0.29, 0.717) is 0 Å². The Morgan fingerprint density at radius 3 is 2.29 bits per heavy atom. The molecule has 0 aromatic rings. The predicted molar refractivity (Wildman–Crippen MR) is 28.9 cm³/mol. The molecule has 0 aromatic carbocycles. The van der Waals surface area contributed by atoms with Gasteiger partial charge in [0.15, 0.2) is 0 Å². The van der Waals surface area contributed by atoms with Crippen LogP contribution in [0.15, 0.2) is 0 Å². The first-order valence-corrected chi connectivity index (χ1v) is 2.41. The Hall–Kier alpha value is -0.260. The SMILES string of the molecule is CC(N)C(Cl)C#N. The van der Waals surface area contributed by atoms with Crippen LogP contribution in [-0.4, -0.2) is 11.4 Å². The summed E-state index contributed by atoms with van der Waals surface area (Å²) in [5.41, 5.74) is 5.19. The molecule has 0 saturated carbocycles. The van der Waals surface area contributed by atoms with Gasteiger partial charge in [0, 0.05) is 6.04 Å². The highest BCUT2D eigenvalue weighted by molar-refractivity contribution is 6.22. The quantitative estimate of drug-likeness (QED) is 0.509. The smallest absolute Gasteiger partial charge is 0.135 e. The fourth-order valence-corrected chi connectivity index (χ4v) is 0.118. The molecule has 0 saturated heterocycles. The van der Waals surface area contributed by atoms with E-state index in [0.717, 1.165) is 0 Å². The summed E-state index contributed by atoms with van der Waals surface area (Å²) in [6.07, 6.45) is 0. The van der Waals surface area contributed by atoms with Crippen LogP contribution in [0, 0.1) is 11.3 Å². The number of nitrogens with zero attached hydrogens (tertiary/aromatic N) is 1. The number of hydrogen-bond donors (Lipinski definition) is 1. The van der Waals surface area contributed by atoms with Crippen LogP contribution in [0.1, 0.15) is 6.92 Å². The van der Waals surface area contributed by atoms with Gasteiger partial charge < -0.3 is 5.73 Å². The molecule has 40 valence electrons. The molecular formula is C4H7ClN2. The molecule has 3 heteroatoms. The zero-order chi connectivity index (χ0) is 5.86. The minimum atomic E-state index is -0.542. The van der Waals surface area contributed by atoms with Crippen molar-refractivity contribution < 1.29 is 0 Å². The minimum absolute atomic E-state index is 0.230. The molecule has 0 rings (SSSR count). The highest BCUT2D eigenvalue weighted by atomic mass is 35.5. The Labute approximate surface area is 47.9 Å². The van der Waals surface area contributed by atoms with E-state index in [1.54, 1.807) is 13.0 Å². The van der Waals surface area contributed by atoms with Crippen molar-refractivity contribution in [2.24, 2.45) is 5.73 Å².